The highest BCUT2D eigenvalue weighted by molar-refractivity contribution is 5.83. The van der Waals surface area contributed by atoms with Gasteiger partial charge in [0.15, 0.2) is 0 Å². The van der Waals surface area contributed by atoms with E-state index in [1.165, 1.54) is 13.1 Å². The third-order valence-electron chi connectivity index (χ3n) is 1.22. The highest BCUT2D eigenvalue weighted by Crippen LogP contribution is 1.90. The predicted octanol–water partition coefficient (Wildman–Crippen LogP) is -0.278. The SMILES string of the molecule is Cc1cncc(C(=O)O)[n+]1[O-]. The van der Waals surface area contributed by atoms with Crippen LogP contribution < -0.4 is 4.73 Å². The molecule has 58 valence electrons. The molecule has 1 heterocycles. The summed E-state index contributed by atoms with van der Waals surface area (Å²) in [5.74, 6) is -1.27. The summed E-state index contributed by atoms with van der Waals surface area (Å²) in [5, 5.41) is 19.3. The first kappa shape index (κ1) is 7.46. The molecule has 0 aliphatic heterocycles. The van der Waals surface area contributed by atoms with E-state index in [4.69, 9.17) is 5.11 Å². The molecule has 0 aliphatic carbocycles. The molecule has 0 saturated carbocycles. The summed E-state index contributed by atoms with van der Waals surface area (Å²) in [6.45, 7) is 1.49. The number of hydrogen-bond acceptors (Lipinski definition) is 3. The second kappa shape index (κ2) is 2.53. The molecule has 5 nitrogen and oxygen atoms in total. The fourth-order valence-electron chi connectivity index (χ4n) is 0.653. The number of hydrogen-bond donors (Lipinski definition) is 1. The van der Waals surface area contributed by atoms with E-state index in [-0.39, 0.29) is 11.4 Å². The molecule has 1 aromatic rings. The molecule has 0 unspecified atom stereocenters. The number of nitrogens with zero attached hydrogens (tertiary/aromatic N) is 2. The maximum absolute atomic E-state index is 10.9. The van der Waals surface area contributed by atoms with Gasteiger partial charge >= 0.3 is 11.7 Å². The van der Waals surface area contributed by atoms with Crippen molar-refractivity contribution in [3.8, 4) is 0 Å². The lowest BCUT2D eigenvalue weighted by atomic mass is 10.4. The van der Waals surface area contributed by atoms with Crippen molar-refractivity contribution in [3.05, 3.63) is 29.0 Å². The van der Waals surface area contributed by atoms with E-state index in [9.17, 15) is 10.0 Å². The Bertz CT molecular complexity index is 298. The minimum atomic E-state index is -1.27. The standard InChI is InChI=1S/C6H6N2O3/c1-4-2-7-3-5(6(9)10)8(4)11/h2-3H,1H3,(H,9,10). The normalized spacial score (nSPS) is 9.55. The van der Waals surface area contributed by atoms with Gasteiger partial charge < -0.3 is 10.3 Å². The van der Waals surface area contributed by atoms with E-state index in [1.807, 2.05) is 0 Å². The fourth-order valence-corrected chi connectivity index (χ4v) is 0.653. The van der Waals surface area contributed by atoms with Crippen molar-refractivity contribution in [1.29, 1.82) is 0 Å². The number of aromatic nitrogens is 2. The molecule has 0 aliphatic rings. The monoisotopic (exact) mass is 154 g/mol. The minimum Gasteiger partial charge on any atom is -0.618 e. The molecule has 0 radical (unpaired) electrons. The third kappa shape index (κ3) is 1.26. The molecule has 0 amide bonds. The van der Waals surface area contributed by atoms with Gasteiger partial charge in [-0.05, 0) is 0 Å². The van der Waals surface area contributed by atoms with E-state index >= 15 is 0 Å². The quantitative estimate of drug-likeness (QED) is 0.445. The summed E-state index contributed by atoms with van der Waals surface area (Å²) in [4.78, 5) is 13.9. The Morgan fingerprint density at radius 3 is 2.82 bits per heavy atom. The first-order chi connectivity index (χ1) is 5.13. The van der Waals surface area contributed by atoms with E-state index in [1.54, 1.807) is 0 Å². The van der Waals surface area contributed by atoms with Crippen LogP contribution in [0.1, 0.15) is 16.2 Å². The average Bonchev–Trinajstić information content (AvgIpc) is 1.94. The van der Waals surface area contributed by atoms with Gasteiger partial charge in [-0.1, -0.05) is 0 Å². The highest BCUT2D eigenvalue weighted by Gasteiger charge is 2.15. The lowest BCUT2D eigenvalue weighted by molar-refractivity contribution is -0.615. The summed E-state index contributed by atoms with van der Waals surface area (Å²) in [5.41, 5.74) is -0.0881. The van der Waals surface area contributed by atoms with Crippen LogP contribution in [0.5, 0.6) is 0 Å². The van der Waals surface area contributed by atoms with Crippen LogP contribution in [0.25, 0.3) is 0 Å². The zero-order valence-electron chi connectivity index (χ0n) is 5.81. The summed E-state index contributed by atoms with van der Waals surface area (Å²) >= 11 is 0. The van der Waals surface area contributed by atoms with Gasteiger partial charge in [-0.3, -0.25) is 4.98 Å². The second-order valence-corrected chi connectivity index (χ2v) is 2.03. The van der Waals surface area contributed by atoms with Crippen LogP contribution >= 0.6 is 0 Å². The van der Waals surface area contributed by atoms with E-state index < -0.39 is 5.97 Å². The van der Waals surface area contributed by atoms with Gasteiger partial charge in [0, 0.05) is 6.92 Å². The summed E-state index contributed by atoms with van der Waals surface area (Å²) in [6.07, 6.45) is 2.32. The Kier molecular flexibility index (Phi) is 1.72. The van der Waals surface area contributed by atoms with Gasteiger partial charge in [-0.15, -0.1) is 0 Å². The number of carboxylic acids is 1. The predicted molar refractivity (Wildman–Crippen MR) is 34.9 cm³/mol. The van der Waals surface area contributed by atoms with Crippen molar-refractivity contribution in [1.82, 2.24) is 4.98 Å². The van der Waals surface area contributed by atoms with Gasteiger partial charge in [0.25, 0.3) is 0 Å². The minimum absolute atomic E-state index is 0.268. The van der Waals surface area contributed by atoms with E-state index in [0.717, 1.165) is 6.20 Å². The molecule has 0 bridgehead atoms. The fraction of sp³-hybridized carbons (Fsp3) is 0.167. The molecular weight excluding hydrogens is 148 g/mol. The molecule has 0 aromatic carbocycles. The maximum atomic E-state index is 10.9. The molecule has 1 N–H and O–H groups in total. The zero-order chi connectivity index (χ0) is 8.43. The third-order valence-corrected chi connectivity index (χ3v) is 1.22. The van der Waals surface area contributed by atoms with Crippen molar-refractivity contribution in [3.63, 3.8) is 0 Å². The van der Waals surface area contributed by atoms with Crippen molar-refractivity contribution in [2.75, 3.05) is 0 Å². The first-order valence-corrected chi connectivity index (χ1v) is 2.90. The molecule has 0 saturated heterocycles. The molecule has 5 heteroatoms. The zero-order valence-corrected chi connectivity index (χ0v) is 5.81. The summed E-state index contributed by atoms with van der Waals surface area (Å²) < 4.78 is 0.329. The summed E-state index contributed by atoms with van der Waals surface area (Å²) in [6, 6.07) is 0. The number of aromatic carboxylic acids is 1. The average molecular weight is 154 g/mol. The van der Waals surface area contributed by atoms with E-state index in [2.05, 4.69) is 4.98 Å². The number of aryl methyl sites for hydroxylation is 1. The smallest absolute Gasteiger partial charge is 0.404 e. The molecule has 11 heavy (non-hydrogen) atoms. The molecule has 1 aromatic heterocycles. The second-order valence-electron chi connectivity index (χ2n) is 2.03. The van der Waals surface area contributed by atoms with Gasteiger partial charge in [-0.2, -0.15) is 4.73 Å². The Morgan fingerprint density at radius 1 is 1.73 bits per heavy atom. The number of rotatable bonds is 1. The largest absolute Gasteiger partial charge is 0.618 e. The molecule has 0 spiro atoms. The lowest BCUT2D eigenvalue weighted by Gasteiger charge is -2.00. The number of carbonyl (C=O) groups is 1. The Morgan fingerprint density at radius 2 is 2.36 bits per heavy atom. The van der Waals surface area contributed by atoms with Crippen LogP contribution in [0, 0.1) is 12.1 Å². The summed E-state index contributed by atoms with van der Waals surface area (Å²) in [7, 11) is 0. The van der Waals surface area contributed by atoms with Crippen molar-refractivity contribution < 1.29 is 14.6 Å². The van der Waals surface area contributed by atoms with Crippen molar-refractivity contribution in [2.24, 2.45) is 0 Å². The first-order valence-electron chi connectivity index (χ1n) is 2.90. The van der Waals surface area contributed by atoms with Gasteiger partial charge in [0.2, 0.25) is 5.69 Å². The lowest BCUT2D eigenvalue weighted by Crippen LogP contribution is -2.37. The maximum Gasteiger partial charge on any atom is 0.404 e. The van der Waals surface area contributed by atoms with Crippen molar-refractivity contribution in [2.45, 2.75) is 6.92 Å². The van der Waals surface area contributed by atoms with Crippen LogP contribution in [0.15, 0.2) is 12.4 Å². The molecule has 0 atom stereocenters. The van der Waals surface area contributed by atoms with Gasteiger partial charge in [-0.25, -0.2) is 4.79 Å². The highest BCUT2D eigenvalue weighted by atomic mass is 16.5. The van der Waals surface area contributed by atoms with Crippen LogP contribution in [0.4, 0.5) is 0 Å². The topological polar surface area (TPSA) is 77.1 Å². The van der Waals surface area contributed by atoms with Crippen LogP contribution in [-0.2, 0) is 0 Å². The van der Waals surface area contributed by atoms with Crippen molar-refractivity contribution >= 4 is 5.97 Å². The van der Waals surface area contributed by atoms with Gasteiger partial charge in [0.1, 0.15) is 6.20 Å². The molecule has 1 rings (SSSR count). The number of carboxylic acid groups (broad SMARTS) is 1. The Balaban J connectivity index is 3.27. The van der Waals surface area contributed by atoms with Gasteiger partial charge in [0.05, 0.1) is 6.20 Å². The molecule has 0 fully saturated rings. The Hall–Kier alpha value is -1.65. The van der Waals surface area contributed by atoms with Crippen LogP contribution in [-0.4, -0.2) is 16.1 Å². The van der Waals surface area contributed by atoms with E-state index in [0.29, 0.717) is 4.73 Å². The van der Waals surface area contributed by atoms with Crippen LogP contribution in [0.2, 0.25) is 0 Å². The van der Waals surface area contributed by atoms with Crippen LogP contribution in [0.3, 0.4) is 0 Å². The Labute approximate surface area is 62.5 Å². The molecular formula is C6H6N2O3.